The molecule has 0 bridgehead atoms. The highest BCUT2D eigenvalue weighted by Crippen LogP contribution is 2.53. The number of hydrogen-bond acceptors (Lipinski definition) is 3. The molecule has 166 valence electrons. The Bertz CT molecular complexity index is 1190. The number of rotatable bonds is 5. The Morgan fingerprint density at radius 2 is 0.969 bits per heavy atom. The molecule has 0 atom stereocenters. The van der Waals surface area contributed by atoms with Gasteiger partial charge in [0, 0.05) is 16.4 Å². The molecule has 0 heterocycles. The second-order valence-electron chi connectivity index (χ2n) is 8.99. The first-order valence-corrected chi connectivity index (χ1v) is 12.5. The van der Waals surface area contributed by atoms with Crippen molar-refractivity contribution in [3.63, 3.8) is 0 Å². The predicted molar refractivity (Wildman–Crippen MR) is 133 cm³/mol. The Labute approximate surface area is 191 Å². The van der Waals surface area contributed by atoms with Crippen LogP contribution >= 0.6 is 7.14 Å². The molecular formula is C28H31O3P. The summed E-state index contributed by atoms with van der Waals surface area (Å²) in [6.07, 6.45) is 0. The Balaban J connectivity index is 2.39. The van der Waals surface area contributed by atoms with Crippen LogP contribution in [-0.2, 0) is 4.57 Å². The summed E-state index contributed by atoms with van der Waals surface area (Å²) < 4.78 is 14.9. The van der Waals surface area contributed by atoms with Gasteiger partial charge >= 0.3 is 0 Å². The van der Waals surface area contributed by atoms with E-state index < -0.39 is 18.2 Å². The molecule has 0 aromatic heterocycles. The summed E-state index contributed by atoms with van der Waals surface area (Å²) in [5.74, 6) is 0. The topological polar surface area (TPSA) is 51.2 Å². The van der Waals surface area contributed by atoms with Crippen molar-refractivity contribution >= 4 is 23.5 Å². The maximum absolute atomic E-state index is 14.9. The molecule has 0 spiro atoms. The molecule has 3 rings (SSSR count). The van der Waals surface area contributed by atoms with E-state index >= 15 is 0 Å². The van der Waals surface area contributed by atoms with E-state index in [-0.39, 0.29) is 0 Å². The van der Waals surface area contributed by atoms with Gasteiger partial charge in [0.05, 0.1) is 0 Å². The maximum Gasteiger partial charge on any atom is 0.248 e. The predicted octanol–water partition coefficient (Wildman–Crippen LogP) is 6.82. The Kier molecular flexibility index (Phi) is 6.45. The first-order valence-electron chi connectivity index (χ1n) is 10.8. The Morgan fingerprint density at radius 3 is 1.34 bits per heavy atom. The minimum Gasteiger partial charge on any atom is -0.302 e. The molecule has 0 saturated carbocycles. The van der Waals surface area contributed by atoms with Gasteiger partial charge in [-0.15, -0.1) is 0 Å². The summed E-state index contributed by atoms with van der Waals surface area (Å²) in [7, 11) is -4.18. The molecule has 0 aliphatic rings. The van der Waals surface area contributed by atoms with Gasteiger partial charge in [0.2, 0.25) is 18.2 Å². The van der Waals surface area contributed by atoms with Crippen molar-refractivity contribution in [3.8, 4) is 0 Å². The number of hydrogen-bond donors (Lipinski definition) is 0. The molecule has 0 N–H and O–H groups in total. The van der Waals surface area contributed by atoms with Crippen molar-refractivity contribution in [2.75, 3.05) is 0 Å². The number of benzene rings is 3. The molecule has 0 unspecified atom stereocenters. The lowest BCUT2D eigenvalue weighted by Crippen LogP contribution is -2.25. The van der Waals surface area contributed by atoms with Crippen LogP contribution in [0.3, 0.4) is 0 Å². The van der Waals surface area contributed by atoms with Gasteiger partial charge in [0.25, 0.3) is 0 Å². The Morgan fingerprint density at radius 1 is 0.594 bits per heavy atom. The largest absolute Gasteiger partial charge is 0.302 e. The average Bonchev–Trinajstić information content (AvgIpc) is 2.67. The maximum atomic E-state index is 14.9. The van der Waals surface area contributed by atoms with Crippen LogP contribution in [0.1, 0.15) is 65.2 Å². The highest BCUT2D eigenvalue weighted by Gasteiger charge is 2.45. The molecule has 32 heavy (non-hydrogen) atoms. The summed E-state index contributed by atoms with van der Waals surface area (Å²) in [6, 6.07) is 13.0. The highest BCUT2D eigenvalue weighted by atomic mass is 31.2. The zero-order chi connectivity index (χ0) is 24.0. The third-order valence-electron chi connectivity index (χ3n) is 6.27. The summed E-state index contributed by atoms with van der Waals surface area (Å²) in [5.41, 5.74) is 6.24. The van der Waals surface area contributed by atoms with Crippen molar-refractivity contribution in [3.05, 3.63) is 98.1 Å². The molecule has 3 nitrogen and oxygen atoms in total. The van der Waals surface area contributed by atoms with Gasteiger partial charge < -0.3 is 4.57 Å². The molecular weight excluding hydrogens is 415 g/mol. The van der Waals surface area contributed by atoms with E-state index in [1.165, 1.54) is 0 Å². The lowest BCUT2D eigenvalue weighted by Gasteiger charge is -2.23. The molecule has 4 heteroatoms. The van der Waals surface area contributed by atoms with Gasteiger partial charge in [-0.2, -0.15) is 0 Å². The molecule has 0 aliphatic carbocycles. The third kappa shape index (κ3) is 3.91. The standard InChI is InChI=1S/C28H31O3P/c1-16-12-19(4)25(20(5)13-16)27(29)32(31,24-11-9-10-18(3)23(24)8)28(30)26-21(6)14-17(2)15-22(26)7/h9-15H,1-8H3. The van der Waals surface area contributed by atoms with Crippen LogP contribution in [0, 0.1) is 55.4 Å². The smallest absolute Gasteiger partial charge is 0.248 e. The van der Waals surface area contributed by atoms with Crippen molar-refractivity contribution < 1.29 is 14.2 Å². The van der Waals surface area contributed by atoms with E-state index in [4.69, 9.17) is 0 Å². The molecule has 0 saturated heterocycles. The Hall–Kier alpha value is -2.77. The van der Waals surface area contributed by atoms with Gasteiger partial charge in [-0.25, -0.2) is 0 Å². The SMILES string of the molecule is Cc1cc(C)c(C(=O)P(=O)(C(=O)c2c(C)cc(C)cc2C)c2cccc(C)c2C)c(C)c1. The van der Waals surface area contributed by atoms with Gasteiger partial charge in [0.15, 0.2) is 0 Å². The minimum absolute atomic E-state index is 0.339. The van der Waals surface area contributed by atoms with Crippen LogP contribution in [0.2, 0.25) is 0 Å². The molecule has 0 radical (unpaired) electrons. The van der Waals surface area contributed by atoms with E-state index in [2.05, 4.69) is 0 Å². The van der Waals surface area contributed by atoms with E-state index in [1.54, 1.807) is 12.1 Å². The second kappa shape index (κ2) is 8.64. The molecule has 0 fully saturated rings. The van der Waals surface area contributed by atoms with E-state index in [9.17, 15) is 14.2 Å². The number of carbonyl (C=O) groups is 2. The summed E-state index contributed by atoms with van der Waals surface area (Å²) in [6.45, 7) is 15.0. The average molecular weight is 447 g/mol. The number of aryl methyl sites for hydroxylation is 7. The fraction of sp³-hybridized carbons (Fsp3) is 0.286. The molecule has 3 aromatic carbocycles. The van der Waals surface area contributed by atoms with Crippen molar-refractivity contribution in [1.29, 1.82) is 0 Å². The van der Waals surface area contributed by atoms with Crippen LogP contribution < -0.4 is 5.30 Å². The summed E-state index contributed by atoms with van der Waals surface area (Å²) in [5, 5.41) is 0.339. The summed E-state index contributed by atoms with van der Waals surface area (Å²) >= 11 is 0. The van der Waals surface area contributed by atoms with Gasteiger partial charge in [-0.1, -0.05) is 53.6 Å². The van der Waals surface area contributed by atoms with Gasteiger partial charge in [-0.05, 0) is 88.8 Å². The van der Waals surface area contributed by atoms with E-state index in [1.807, 2.05) is 85.7 Å². The van der Waals surface area contributed by atoms with Gasteiger partial charge in [0.1, 0.15) is 0 Å². The van der Waals surface area contributed by atoms with Crippen LogP contribution in [0.4, 0.5) is 0 Å². The van der Waals surface area contributed by atoms with Crippen LogP contribution in [0.5, 0.6) is 0 Å². The monoisotopic (exact) mass is 446 g/mol. The van der Waals surface area contributed by atoms with Crippen LogP contribution in [-0.4, -0.2) is 11.0 Å². The lowest BCUT2D eigenvalue weighted by atomic mass is 10.0. The first-order chi connectivity index (χ1) is 14.9. The normalized spacial score (nSPS) is 11.5. The quantitative estimate of drug-likeness (QED) is 0.404. The fourth-order valence-corrected chi connectivity index (χ4v) is 7.64. The molecule has 3 aromatic rings. The lowest BCUT2D eigenvalue weighted by molar-refractivity contribution is 0.104. The van der Waals surface area contributed by atoms with Crippen molar-refractivity contribution in [1.82, 2.24) is 0 Å². The van der Waals surface area contributed by atoms with Crippen LogP contribution in [0.25, 0.3) is 0 Å². The van der Waals surface area contributed by atoms with E-state index in [0.29, 0.717) is 16.4 Å². The second-order valence-corrected chi connectivity index (χ2v) is 11.5. The van der Waals surface area contributed by atoms with Crippen molar-refractivity contribution in [2.45, 2.75) is 55.4 Å². The minimum atomic E-state index is -4.18. The first kappa shape index (κ1) is 23.9. The fourth-order valence-electron chi connectivity index (χ4n) is 4.74. The summed E-state index contributed by atoms with van der Waals surface area (Å²) in [4.78, 5) is 28.2. The van der Waals surface area contributed by atoms with Gasteiger partial charge in [-0.3, -0.25) is 9.59 Å². The number of carbonyl (C=O) groups excluding carboxylic acids is 2. The molecule has 0 aliphatic heterocycles. The molecule has 0 amide bonds. The zero-order valence-electron chi connectivity index (χ0n) is 20.2. The highest BCUT2D eigenvalue weighted by molar-refractivity contribution is 8.01. The third-order valence-corrected chi connectivity index (χ3v) is 9.02. The van der Waals surface area contributed by atoms with E-state index in [0.717, 1.165) is 44.5 Å². The van der Waals surface area contributed by atoms with Crippen LogP contribution in [0.15, 0.2) is 42.5 Å². The zero-order valence-corrected chi connectivity index (χ0v) is 21.1. The van der Waals surface area contributed by atoms with Crippen molar-refractivity contribution in [2.24, 2.45) is 0 Å².